The van der Waals surface area contributed by atoms with E-state index in [-0.39, 0.29) is 0 Å². The molecular formula is C16H31NS. The Kier molecular flexibility index (Phi) is 5.44. The fourth-order valence-corrected chi connectivity index (χ4v) is 4.71. The largest absolute Gasteiger partial charge is 0.312 e. The second kappa shape index (κ2) is 6.65. The molecule has 18 heavy (non-hydrogen) atoms. The summed E-state index contributed by atoms with van der Waals surface area (Å²) in [5.74, 6) is 1.80. The summed E-state index contributed by atoms with van der Waals surface area (Å²) in [6, 6.07) is 0.778. The van der Waals surface area contributed by atoms with Crippen LogP contribution in [0.3, 0.4) is 0 Å². The van der Waals surface area contributed by atoms with Gasteiger partial charge < -0.3 is 5.32 Å². The molecule has 0 heterocycles. The molecule has 0 radical (unpaired) electrons. The summed E-state index contributed by atoms with van der Waals surface area (Å²) in [4.78, 5) is 0. The van der Waals surface area contributed by atoms with Crippen LogP contribution in [0.2, 0.25) is 0 Å². The van der Waals surface area contributed by atoms with Gasteiger partial charge in [0.25, 0.3) is 0 Å². The van der Waals surface area contributed by atoms with Gasteiger partial charge in [-0.25, -0.2) is 0 Å². The minimum Gasteiger partial charge on any atom is -0.312 e. The molecule has 1 nitrogen and oxygen atoms in total. The first kappa shape index (κ1) is 14.7. The third-order valence-corrected chi connectivity index (χ3v) is 6.76. The Bertz CT molecular complexity index is 247. The van der Waals surface area contributed by atoms with Crippen molar-refractivity contribution in [1.82, 2.24) is 5.32 Å². The van der Waals surface area contributed by atoms with E-state index in [0.717, 1.165) is 17.9 Å². The maximum Gasteiger partial charge on any atom is 0.0281 e. The summed E-state index contributed by atoms with van der Waals surface area (Å²) in [5.41, 5.74) is 0. The summed E-state index contributed by atoms with van der Waals surface area (Å²) in [6.45, 7) is 6.11. The maximum atomic E-state index is 3.94. The van der Waals surface area contributed by atoms with Crippen molar-refractivity contribution in [2.24, 2.45) is 11.8 Å². The highest BCUT2D eigenvalue weighted by Crippen LogP contribution is 2.38. The van der Waals surface area contributed by atoms with E-state index in [2.05, 4.69) is 37.2 Å². The van der Waals surface area contributed by atoms with Crippen LogP contribution < -0.4 is 5.32 Å². The number of nitrogens with one attached hydrogen (secondary N) is 1. The van der Waals surface area contributed by atoms with E-state index in [1.165, 1.54) is 57.9 Å². The minimum absolute atomic E-state index is 0.554. The van der Waals surface area contributed by atoms with E-state index in [1.54, 1.807) is 0 Å². The molecule has 0 amide bonds. The Morgan fingerprint density at radius 2 is 1.83 bits per heavy atom. The van der Waals surface area contributed by atoms with Crippen LogP contribution in [0.4, 0.5) is 0 Å². The van der Waals surface area contributed by atoms with Gasteiger partial charge in [0.15, 0.2) is 0 Å². The highest BCUT2D eigenvalue weighted by atomic mass is 32.2. The first-order valence-electron chi connectivity index (χ1n) is 7.94. The lowest BCUT2D eigenvalue weighted by Gasteiger charge is -2.40. The van der Waals surface area contributed by atoms with Crippen molar-refractivity contribution in [3.63, 3.8) is 0 Å². The quantitative estimate of drug-likeness (QED) is 0.808. The molecule has 2 aliphatic rings. The van der Waals surface area contributed by atoms with Gasteiger partial charge in [-0.2, -0.15) is 11.8 Å². The summed E-state index contributed by atoms with van der Waals surface area (Å²) in [6.07, 6.45) is 13.8. The molecule has 1 N–H and O–H groups in total. The molecule has 0 aromatic heterocycles. The van der Waals surface area contributed by atoms with Crippen LogP contribution in [-0.4, -0.2) is 23.6 Å². The number of hydrogen-bond donors (Lipinski definition) is 1. The molecular weight excluding hydrogens is 238 g/mol. The second-order valence-corrected chi connectivity index (χ2v) is 8.10. The van der Waals surface area contributed by atoms with Crippen LogP contribution in [0.25, 0.3) is 0 Å². The molecule has 3 atom stereocenters. The zero-order valence-electron chi connectivity index (χ0n) is 12.5. The summed E-state index contributed by atoms with van der Waals surface area (Å²) in [7, 11) is 0. The lowest BCUT2D eigenvalue weighted by atomic mass is 9.79. The Labute approximate surface area is 118 Å². The second-order valence-electron chi connectivity index (χ2n) is 6.83. The molecule has 0 bridgehead atoms. The zero-order valence-corrected chi connectivity index (χ0v) is 13.3. The van der Waals surface area contributed by atoms with Crippen LogP contribution in [0.15, 0.2) is 0 Å². The van der Waals surface area contributed by atoms with Gasteiger partial charge in [0, 0.05) is 17.3 Å². The fraction of sp³-hybridized carbons (Fsp3) is 1.00. The molecule has 2 saturated carbocycles. The first-order valence-corrected chi connectivity index (χ1v) is 9.16. The van der Waals surface area contributed by atoms with Gasteiger partial charge in [0.2, 0.25) is 0 Å². The van der Waals surface area contributed by atoms with Gasteiger partial charge in [-0.3, -0.25) is 0 Å². The van der Waals surface area contributed by atoms with Crippen molar-refractivity contribution in [1.29, 1.82) is 0 Å². The Hall–Kier alpha value is 0.310. The topological polar surface area (TPSA) is 12.0 Å². The molecule has 3 unspecified atom stereocenters. The fourth-order valence-electron chi connectivity index (χ4n) is 3.78. The number of hydrogen-bond acceptors (Lipinski definition) is 2. The van der Waals surface area contributed by atoms with Gasteiger partial charge in [-0.1, -0.05) is 39.5 Å². The summed E-state index contributed by atoms with van der Waals surface area (Å²) >= 11 is 2.12. The van der Waals surface area contributed by atoms with E-state index >= 15 is 0 Å². The van der Waals surface area contributed by atoms with Crippen LogP contribution in [-0.2, 0) is 0 Å². The third kappa shape index (κ3) is 3.66. The summed E-state index contributed by atoms with van der Waals surface area (Å²) < 4.78 is 0.554. The van der Waals surface area contributed by atoms with Gasteiger partial charge in [0.05, 0.1) is 0 Å². The van der Waals surface area contributed by atoms with E-state index in [9.17, 15) is 0 Å². The third-order valence-electron chi connectivity index (χ3n) is 5.34. The maximum absolute atomic E-state index is 3.94. The molecule has 2 rings (SSSR count). The van der Waals surface area contributed by atoms with Crippen LogP contribution in [0.5, 0.6) is 0 Å². The highest BCUT2D eigenvalue weighted by Gasteiger charge is 2.33. The average Bonchev–Trinajstić information content (AvgIpc) is 2.41. The van der Waals surface area contributed by atoms with Gasteiger partial charge in [-0.15, -0.1) is 0 Å². The Morgan fingerprint density at radius 3 is 2.50 bits per heavy atom. The zero-order chi connectivity index (χ0) is 13.0. The highest BCUT2D eigenvalue weighted by molar-refractivity contribution is 8.00. The molecule has 0 spiro atoms. The molecule has 106 valence electrons. The predicted octanol–water partition coefficient (Wildman–Crippen LogP) is 4.47. The van der Waals surface area contributed by atoms with Crippen molar-refractivity contribution in [2.45, 2.75) is 76.0 Å². The molecule has 0 aromatic rings. The van der Waals surface area contributed by atoms with Gasteiger partial charge in [-0.05, 0) is 43.8 Å². The normalized spacial score (nSPS) is 36.5. The van der Waals surface area contributed by atoms with Crippen molar-refractivity contribution in [3.05, 3.63) is 0 Å². The van der Waals surface area contributed by atoms with Crippen LogP contribution >= 0.6 is 11.8 Å². The van der Waals surface area contributed by atoms with Crippen molar-refractivity contribution >= 4 is 11.8 Å². The predicted molar refractivity (Wildman–Crippen MR) is 83.3 cm³/mol. The van der Waals surface area contributed by atoms with E-state index in [4.69, 9.17) is 0 Å². The monoisotopic (exact) mass is 269 g/mol. The lowest BCUT2D eigenvalue weighted by molar-refractivity contribution is 0.218. The van der Waals surface area contributed by atoms with E-state index in [1.807, 2.05) is 0 Å². The lowest BCUT2D eigenvalue weighted by Crippen LogP contribution is -2.47. The molecule has 0 aliphatic heterocycles. The molecule has 2 fully saturated rings. The van der Waals surface area contributed by atoms with Gasteiger partial charge in [0.1, 0.15) is 0 Å². The number of thioether (sulfide) groups is 1. The summed E-state index contributed by atoms with van der Waals surface area (Å²) in [5, 5.41) is 3.94. The van der Waals surface area contributed by atoms with Crippen molar-refractivity contribution in [2.75, 3.05) is 12.8 Å². The standard InChI is InChI=1S/C16H31NS/c1-13-7-8-14(2)15(11-13)17-12-16(18-3)9-5-4-6-10-16/h13-15,17H,4-12H2,1-3H3. The average molecular weight is 269 g/mol. The SMILES string of the molecule is CSC1(CNC2CC(C)CCC2C)CCCCC1. The number of rotatable bonds is 4. The molecule has 2 aliphatic carbocycles. The Morgan fingerprint density at radius 1 is 1.11 bits per heavy atom. The molecule has 0 aromatic carbocycles. The smallest absolute Gasteiger partial charge is 0.0281 e. The van der Waals surface area contributed by atoms with Gasteiger partial charge >= 0.3 is 0 Å². The first-order chi connectivity index (χ1) is 8.65. The van der Waals surface area contributed by atoms with Crippen LogP contribution in [0, 0.1) is 11.8 Å². The Balaban J connectivity index is 1.84. The molecule has 2 heteroatoms. The minimum atomic E-state index is 0.554. The van der Waals surface area contributed by atoms with E-state index in [0.29, 0.717) is 4.75 Å². The van der Waals surface area contributed by atoms with Crippen LogP contribution in [0.1, 0.15) is 65.2 Å². The molecule has 0 saturated heterocycles. The van der Waals surface area contributed by atoms with Crippen molar-refractivity contribution in [3.8, 4) is 0 Å². The van der Waals surface area contributed by atoms with Crippen molar-refractivity contribution < 1.29 is 0 Å². The van der Waals surface area contributed by atoms with E-state index < -0.39 is 0 Å².